The number of urea groups is 1. The minimum Gasteiger partial charge on any atom is -0.351 e. The molecule has 23 heavy (non-hydrogen) atoms. The quantitative estimate of drug-likeness (QED) is 0.910. The minimum absolute atomic E-state index is 0.0474. The van der Waals surface area contributed by atoms with Crippen molar-refractivity contribution in [3.05, 3.63) is 35.1 Å². The fourth-order valence-corrected chi connectivity index (χ4v) is 4.13. The van der Waals surface area contributed by atoms with Gasteiger partial charge in [0, 0.05) is 12.6 Å². The van der Waals surface area contributed by atoms with Crippen molar-refractivity contribution >= 4 is 6.03 Å². The number of halogens is 1. The van der Waals surface area contributed by atoms with Crippen LogP contribution in [-0.4, -0.2) is 41.5 Å². The number of aryl methyl sites for hydroxylation is 1. The molecule has 2 aliphatic heterocycles. The van der Waals surface area contributed by atoms with E-state index < -0.39 is 0 Å². The van der Waals surface area contributed by atoms with Gasteiger partial charge in [-0.05, 0) is 69.0 Å². The number of piperidine rings is 2. The van der Waals surface area contributed by atoms with E-state index in [1.165, 1.54) is 25.3 Å². The highest BCUT2D eigenvalue weighted by Gasteiger charge is 2.35. The van der Waals surface area contributed by atoms with E-state index in [0.717, 1.165) is 37.1 Å². The van der Waals surface area contributed by atoms with Gasteiger partial charge in [0.1, 0.15) is 5.82 Å². The average Bonchev–Trinajstić information content (AvgIpc) is 2.55. The molecule has 2 saturated heterocycles. The summed E-state index contributed by atoms with van der Waals surface area (Å²) in [5.41, 5.74) is 7.51. The highest BCUT2D eigenvalue weighted by molar-refractivity contribution is 5.73. The summed E-state index contributed by atoms with van der Waals surface area (Å²) in [7, 11) is 0. The summed E-state index contributed by atoms with van der Waals surface area (Å²) >= 11 is 0. The third-order valence-corrected chi connectivity index (χ3v) is 5.36. The molecule has 1 aromatic rings. The second-order valence-corrected chi connectivity index (χ2v) is 6.82. The first-order valence-electron chi connectivity index (χ1n) is 8.62. The monoisotopic (exact) mass is 319 g/mol. The third-order valence-electron chi connectivity index (χ3n) is 5.36. The second kappa shape index (κ2) is 6.87. The molecule has 3 rings (SSSR count). The number of nitrogens with zero attached hydrogens (tertiary/aromatic N) is 2. The Bertz CT molecular complexity index is 571. The van der Waals surface area contributed by atoms with Gasteiger partial charge < -0.3 is 15.5 Å². The molecule has 2 unspecified atom stereocenters. The zero-order valence-electron chi connectivity index (χ0n) is 13.8. The molecular weight excluding hydrogens is 293 g/mol. The second-order valence-electron chi connectivity index (χ2n) is 6.82. The van der Waals surface area contributed by atoms with Crippen molar-refractivity contribution in [2.45, 2.75) is 51.1 Å². The molecule has 0 aromatic heterocycles. The molecule has 1 aromatic carbocycles. The first-order valence-corrected chi connectivity index (χ1v) is 8.62. The van der Waals surface area contributed by atoms with Gasteiger partial charge >= 0.3 is 6.03 Å². The normalized spacial score (nSPS) is 26.3. The van der Waals surface area contributed by atoms with E-state index >= 15 is 0 Å². The van der Waals surface area contributed by atoms with Crippen LogP contribution < -0.4 is 5.73 Å². The smallest absolute Gasteiger partial charge is 0.315 e. The lowest BCUT2D eigenvalue weighted by atomic mass is 9.88. The van der Waals surface area contributed by atoms with Crippen molar-refractivity contribution in [3.63, 3.8) is 0 Å². The van der Waals surface area contributed by atoms with Crippen LogP contribution in [0, 0.1) is 12.7 Å². The van der Waals surface area contributed by atoms with Gasteiger partial charge in [0.25, 0.3) is 0 Å². The molecule has 2 atom stereocenters. The van der Waals surface area contributed by atoms with Crippen LogP contribution in [0.5, 0.6) is 0 Å². The molecule has 2 amide bonds. The summed E-state index contributed by atoms with van der Waals surface area (Å²) in [6.45, 7) is 4.88. The largest absolute Gasteiger partial charge is 0.351 e. The van der Waals surface area contributed by atoms with Crippen LogP contribution in [0.3, 0.4) is 0 Å². The Morgan fingerprint density at radius 2 is 1.96 bits per heavy atom. The molecule has 2 N–H and O–H groups in total. The standard InChI is InChI=1S/C18H26FN3O/c1-13-11-14(19)5-6-16(13)17-12-15(7-10-22(17)18(20)23)21-8-3-2-4-9-21/h5-6,11,15,17H,2-4,7-10,12H2,1H3,(H2,20,23). The van der Waals surface area contributed by atoms with Crippen LogP contribution in [0.4, 0.5) is 9.18 Å². The Morgan fingerprint density at radius 3 is 2.61 bits per heavy atom. The molecule has 126 valence electrons. The van der Waals surface area contributed by atoms with Gasteiger partial charge in [0.15, 0.2) is 0 Å². The summed E-state index contributed by atoms with van der Waals surface area (Å²) in [5.74, 6) is -0.236. The van der Waals surface area contributed by atoms with E-state index in [-0.39, 0.29) is 17.9 Å². The summed E-state index contributed by atoms with van der Waals surface area (Å²) in [6.07, 6.45) is 5.69. The van der Waals surface area contributed by atoms with Gasteiger partial charge in [0.2, 0.25) is 0 Å². The maximum absolute atomic E-state index is 13.4. The SMILES string of the molecule is Cc1cc(F)ccc1C1CC(N2CCCCC2)CCN1C(N)=O. The zero-order valence-corrected chi connectivity index (χ0v) is 13.8. The maximum Gasteiger partial charge on any atom is 0.315 e. The fourth-order valence-electron chi connectivity index (χ4n) is 4.13. The Hall–Kier alpha value is -1.62. The van der Waals surface area contributed by atoms with Crippen LogP contribution in [0.1, 0.15) is 49.3 Å². The lowest BCUT2D eigenvalue weighted by Gasteiger charge is -2.44. The molecular formula is C18H26FN3O. The maximum atomic E-state index is 13.4. The van der Waals surface area contributed by atoms with E-state index in [0.29, 0.717) is 12.6 Å². The molecule has 0 spiro atoms. The fraction of sp³-hybridized carbons (Fsp3) is 0.611. The average molecular weight is 319 g/mol. The molecule has 2 fully saturated rings. The molecule has 2 heterocycles. The Morgan fingerprint density at radius 1 is 1.22 bits per heavy atom. The summed E-state index contributed by atoms with van der Waals surface area (Å²) in [5, 5.41) is 0. The van der Waals surface area contributed by atoms with Crippen LogP contribution in [0.15, 0.2) is 18.2 Å². The van der Waals surface area contributed by atoms with Crippen molar-refractivity contribution in [3.8, 4) is 0 Å². The van der Waals surface area contributed by atoms with Crippen molar-refractivity contribution in [1.82, 2.24) is 9.80 Å². The van der Waals surface area contributed by atoms with Crippen molar-refractivity contribution < 1.29 is 9.18 Å². The van der Waals surface area contributed by atoms with Crippen molar-refractivity contribution in [2.75, 3.05) is 19.6 Å². The van der Waals surface area contributed by atoms with Crippen LogP contribution >= 0.6 is 0 Å². The lowest BCUT2D eigenvalue weighted by molar-refractivity contribution is 0.0726. The summed E-state index contributed by atoms with van der Waals surface area (Å²) in [4.78, 5) is 16.2. The number of benzene rings is 1. The van der Waals surface area contributed by atoms with Gasteiger partial charge in [-0.15, -0.1) is 0 Å². The van der Waals surface area contributed by atoms with Crippen LogP contribution in [-0.2, 0) is 0 Å². The van der Waals surface area contributed by atoms with E-state index in [9.17, 15) is 9.18 Å². The van der Waals surface area contributed by atoms with Crippen molar-refractivity contribution in [2.24, 2.45) is 5.73 Å². The van der Waals surface area contributed by atoms with Gasteiger partial charge in [-0.1, -0.05) is 12.5 Å². The molecule has 2 aliphatic rings. The number of amides is 2. The first kappa shape index (κ1) is 16.2. The van der Waals surface area contributed by atoms with E-state index in [1.54, 1.807) is 11.0 Å². The van der Waals surface area contributed by atoms with Crippen LogP contribution in [0.25, 0.3) is 0 Å². The Kier molecular flexibility index (Phi) is 4.85. The Balaban J connectivity index is 1.84. The molecule has 5 heteroatoms. The van der Waals surface area contributed by atoms with E-state index in [4.69, 9.17) is 5.73 Å². The van der Waals surface area contributed by atoms with Gasteiger partial charge in [0.05, 0.1) is 6.04 Å². The number of hydrogen-bond acceptors (Lipinski definition) is 2. The predicted molar refractivity (Wildman–Crippen MR) is 88.6 cm³/mol. The molecule has 0 saturated carbocycles. The molecule has 0 aliphatic carbocycles. The number of hydrogen-bond donors (Lipinski definition) is 1. The van der Waals surface area contributed by atoms with Gasteiger partial charge in [-0.2, -0.15) is 0 Å². The molecule has 4 nitrogen and oxygen atoms in total. The number of likely N-dealkylation sites (tertiary alicyclic amines) is 2. The molecule has 0 bridgehead atoms. The van der Waals surface area contributed by atoms with Crippen molar-refractivity contribution in [1.29, 1.82) is 0 Å². The summed E-state index contributed by atoms with van der Waals surface area (Å²) in [6, 6.07) is 4.89. The lowest BCUT2D eigenvalue weighted by Crippen LogP contribution is -2.50. The first-order chi connectivity index (χ1) is 11.1. The van der Waals surface area contributed by atoms with Gasteiger partial charge in [-0.25, -0.2) is 9.18 Å². The highest BCUT2D eigenvalue weighted by atomic mass is 19.1. The van der Waals surface area contributed by atoms with E-state index in [2.05, 4.69) is 4.90 Å². The minimum atomic E-state index is -0.379. The van der Waals surface area contributed by atoms with Gasteiger partial charge in [-0.3, -0.25) is 0 Å². The number of nitrogens with two attached hydrogens (primary N) is 1. The number of carbonyl (C=O) groups is 1. The number of primary amides is 1. The summed E-state index contributed by atoms with van der Waals surface area (Å²) < 4.78 is 13.4. The highest BCUT2D eigenvalue weighted by Crippen LogP contribution is 2.35. The third kappa shape index (κ3) is 3.50. The van der Waals surface area contributed by atoms with E-state index in [1.807, 2.05) is 13.0 Å². The predicted octanol–water partition coefficient (Wildman–Crippen LogP) is 3.20. The number of rotatable bonds is 2. The number of carbonyl (C=O) groups excluding carboxylic acids is 1. The Labute approximate surface area is 137 Å². The zero-order chi connectivity index (χ0) is 16.4. The molecule has 0 radical (unpaired) electrons. The topological polar surface area (TPSA) is 49.6 Å². The van der Waals surface area contributed by atoms with Crippen LogP contribution in [0.2, 0.25) is 0 Å².